The molecule has 1 aliphatic rings. The first-order chi connectivity index (χ1) is 9.61. The summed E-state index contributed by atoms with van der Waals surface area (Å²) < 4.78 is 3.29. The summed E-state index contributed by atoms with van der Waals surface area (Å²) >= 11 is 5.60. The fraction of sp³-hybridized carbons (Fsp3) is 0.533. The van der Waals surface area contributed by atoms with Crippen molar-refractivity contribution in [3.8, 4) is 0 Å². The largest absolute Gasteiger partial charge is 0.290 e. The summed E-state index contributed by atoms with van der Waals surface area (Å²) in [5, 5.41) is 6.82. The van der Waals surface area contributed by atoms with Crippen LogP contribution in [0.4, 0.5) is 0 Å². The normalized spacial score (nSPS) is 19.3. The Bertz CT molecular complexity index is 617. The Morgan fingerprint density at radius 2 is 2.30 bits per heavy atom. The van der Waals surface area contributed by atoms with Crippen LogP contribution in [0.5, 0.6) is 0 Å². The van der Waals surface area contributed by atoms with Gasteiger partial charge in [0.2, 0.25) is 0 Å². The first-order valence-corrected chi connectivity index (χ1v) is 8.81. The van der Waals surface area contributed by atoms with Crippen molar-refractivity contribution in [2.24, 2.45) is 0 Å². The molecule has 0 aliphatic carbocycles. The van der Waals surface area contributed by atoms with E-state index in [1.54, 1.807) is 4.88 Å². The van der Waals surface area contributed by atoms with Crippen molar-refractivity contribution in [3.05, 3.63) is 37.7 Å². The Morgan fingerprint density at radius 1 is 1.50 bits per heavy atom. The number of nitrogens with zero attached hydrogens (tertiary/aromatic N) is 3. The van der Waals surface area contributed by atoms with Crippen LogP contribution in [0.2, 0.25) is 0 Å². The lowest BCUT2D eigenvalue weighted by Crippen LogP contribution is -2.33. The third-order valence-corrected chi connectivity index (χ3v) is 6.24. The minimum absolute atomic E-state index is 0.498. The van der Waals surface area contributed by atoms with Crippen molar-refractivity contribution in [1.82, 2.24) is 14.7 Å². The fourth-order valence-electron chi connectivity index (χ4n) is 2.99. The molecule has 0 radical (unpaired) electrons. The summed E-state index contributed by atoms with van der Waals surface area (Å²) in [5.74, 6) is 0. The van der Waals surface area contributed by atoms with Crippen LogP contribution in [0.1, 0.15) is 41.7 Å². The van der Waals surface area contributed by atoms with E-state index in [4.69, 9.17) is 0 Å². The van der Waals surface area contributed by atoms with Crippen molar-refractivity contribution in [2.45, 2.75) is 46.3 Å². The van der Waals surface area contributed by atoms with E-state index in [2.05, 4.69) is 62.8 Å². The molecule has 2 aromatic rings. The Morgan fingerprint density at radius 3 is 3.05 bits per heavy atom. The standard InChI is InChI=1S/C15H20BrN3S/c1-4-19-13(15(16)10(2)17-19)9-18-7-5-14-12(11(18)3)6-8-20-14/h6,8,11H,4-5,7,9H2,1-3H3. The maximum atomic E-state index is 4.60. The van der Waals surface area contributed by atoms with Crippen molar-refractivity contribution in [2.75, 3.05) is 6.54 Å². The second-order valence-corrected chi connectivity index (χ2v) is 7.15. The molecule has 0 bridgehead atoms. The monoisotopic (exact) mass is 353 g/mol. The van der Waals surface area contributed by atoms with E-state index in [1.165, 1.54) is 22.2 Å². The first kappa shape index (κ1) is 14.3. The van der Waals surface area contributed by atoms with Gasteiger partial charge in [-0.3, -0.25) is 9.58 Å². The molecule has 0 N–H and O–H groups in total. The average Bonchev–Trinajstić information content (AvgIpc) is 3.01. The zero-order valence-electron chi connectivity index (χ0n) is 12.2. The van der Waals surface area contributed by atoms with Crippen LogP contribution in [0.3, 0.4) is 0 Å². The molecule has 1 atom stereocenters. The molecule has 5 heteroatoms. The summed E-state index contributed by atoms with van der Waals surface area (Å²) in [5.41, 5.74) is 3.90. The molecule has 0 saturated heterocycles. The molecule has 0 fully saturated rings. The first-order valence-electron chi connectivity index (χ1n) is 7.14. The van der Waals surface area contributed by atoms with Crippen LogP contribution in [0.15, 0.2) is 15.9 Å². The molecule has 0 amide bonds. The number of hydrogen-bond donors (Lipinski definition) is 0. The zero-order chi connectivity index (χ0) is 14.3. The molecular formula is C15H20BrN3S. The van der Waals surface area contributed by atoms with Crippen LogP contribution >= 0.6 is 27.3 Å². The molecule has 1 aliphatic heterocycles. The minimum Gasteiger partial charge on any atom is -0.290 e. The van der Waals surface area contributed by atoms with E-state index in [0.29, 0.717) is 6.04 Å². The van der Waals surface area contributed by atoms with Gasteiger partial charge in [0.15, 0.2) is 0 Å². The van der Waals surface area contributed by atoms with Gasteiger partial charge in [0, 0.05) is 30.6 Å². The molecule has 20 heavy (non-hydrogen) atoms. The molecule has 0 spiro atoms. The maximum absolute atomic E-state index is 4.60. The van der Waals surface area contributed by atoms with Crippen LogP contribution in [-0.2, 0) is 19.5 Å². The Labute approximate surface area is 132 Å². The average molecular weight is 354 g/mol. The predicted octanol–water partition coefficient (Wildman–Crippen LogP) is 4.15. The van der Waals surface area contributed by atoms with Gasteiger partial charge in [-0.2, -0.15) is 5.10 Å². The van der Waals surface area contributed by atoms with E-state index in [-0.39, 0.29) is 0 Å². The van der Waals surface area contributed by atoms with Gasteiger partial charge in [-0.1, -0.05) is 0 Å². The van der Waals surface area contributed by atoms with Crippen molar-refractivity contribution >= 4 is 27.3 Å². The van der Waals surface area contributed by atoms with E-state index >= 15 is 0 Å². The number of aromatic nitrogens is 2. The van der Waals surface area contributed by atoms with Gasteiger partial charge in [-0.25, -0.2) is 0 Å². The summed E-state index contributed by atoms with van der Waals surface area (Å²) in [4.78, 5) is 4.12. The summed E-state index contributed by atoms with van der Waals surface area (Å²) in [6.07, 6.45) is 1.17. The summed E-state index contributed by atoms with van der Waals surface area (Å²) in [6, 6.07) is 2.78. The van der Waals surface area contributed by atoms with Gasteiger partial charge in [-0.05, 0) is 60.1 Å². The highest BCUT2D eigenvalue weighted by Crippen LogP contribution is 2.34. The molecule has 3 heterocycles. The molecule has 2 aromatic heterocycles. The molecule has 3 rings (SSSR count). The van der Waals surface area contributed by atoms with Crippen molar-refractivity contribution in [3.63, 3.8) is 0 Å². The van der Waals surface area contributed by atoms with E-state index in [9.17, 15) is 0 Å². The lowest BCUT2D eigenvalue weighted by molar-refractivity contribution is 0.185. The topological polar surface area (TPSA) is 21.1 Å². The second kappa shape index (κ2) is 5.62. The lowest BCUT2D eigenvalue weighted by atomic mass is 10.0. The molecule has 108 valence electrons. The third kappa shape index (κ3) is 2.36. The van der Waals surface area contributed by atoms with Gasteiger partial charge >= 0.3 is 0 Å². The highest BCUT2D eigenvalue weighted by Gasteiger charge is 2.26. The van der Waals surface area contributed by atoms with E-state index in [0.717, 1.165) is 25.3 Å². The Balaban J connectivity index is 1.86. The van der Waals surface area contributed by atoms with Gasteiger partial charge in [0.25, 0.3) is 0 Å². The van der Waals surface area contributed by atoms with Crippen LogP contribution < -0.4 is 0 Å². The lowest BCUT2D eigenvalue weighted by Gasteiger charge is -2.33. The molecule has 1 unspecified atom stereocenters. The van der Waals surface area contributed by atoms with Crippen LogP contribution in [0, 0.1) is 6.92 Å². The van der Waals surface area contributed by atoms with Crippen molar-refractivity contribution < 1.29 is 0 Å². The molecule has 0 saturated carbocycles. The van der Waals surface area contributed by atoms with E-state index < -0.39 is 0 Å². The number of fused-ring (bicyclic) bond motifs is 1. The summed E-state index contributed by atoms with van der Waals surface area (Å²) in [6.45, 7) is 9.56. The third-order valence-electron chi connectivity index (χ3n) is 4.21. The van der Waals surface area contributed by atoms with Gasteiger partial charge in [-0.15, -0.1) is 11.3 Å². The number of halogens is 1. The molecular weight excluding hydrogens is 334 g/mol. The highest BCUT2D eigenvalue weighted by molar-refractivity contribution is 9.10. The van der Waals surface area contributed by atoms with Crippen LogP contribution in [-0.4, -0.2) is 21.2 Å². The second-order valence-electron chi connectivity index (χ2n) is 5.36. The quantitative estimate of drug-likeness (QED) is 0.826. The van der Waals surface area contributed by atoms with E-state index in [1.807, 2.05) is 11.3 Å². The number of hydrogen-bond acceptors (Lipinski definition) is 3. The zero-order valence-corrected chi connectivity index (χ0v) is 14.6. The molecule has 3 nitrogen and oxygen atoms in total. The van der Waals surface area contributed by atoms with Crippen molar-refractivity contribution in [1.29, 1.82) is 0 Å². The van der Waals surface area contributed by atoms with Crippen LogP contribution in [0.25, 0.3) is 0 Å². The van der Waals surface area contributed by atoms with Gasteiger partial charge in [0.05, 0.1) is 15.9 Å². The van der Waals surface area contributed by atoms with Gasteiger partial charge in [0.1, 0.15) is 0 Å². The number of rotatable bonds is 3. The number of thiophene rings is 1. The Kier molecular flexibility index (Phi) is 4.02. The highest BCUT2D eigenvalue weighted by atomic mass is 79.9. The summed E-state index contributed by atoms with van der Waals surface area (Å²) in [7, 11) is 0. The number of aryl methyl sites for hydroxylation is 2. The van der Waals surface area contributed by atoms with Gasteiger partial charge < -0.3 is 0 Å². The smallest absolute Gasteiger partial charge is 0.0739 e. The SMILES string of the molecule is CCn1nc(C)c(Br)c1CN1CCc2sccc2C1C. The fourth-order valence-corrected chi connectivity index (χ4v) is 4.36. The maximum Gasteiger partial charge on any atom is 0.0739 e. The molecule has 0 aromatic carbocycles. The Hall–Kier alpha value is -0.650. The predicted molar refractivity (Wildman–Crippen MR) is 87.2 cm³/mol. The minimum atomic E-state index is 0.498.